The Morgan fingerprint density at radius 3 is 2.30 bits per heavy atom. The topological polar surface area (TPSA) is 36.9 Å². The molecule has 1 aromatic rings. The van der Waals surface area contributed by atoms with Crippen molar-refractivity contribution in [3.63, 3.8) is 0 Å². The molecule has 0 aromatic heterocycles. The fourth-order valence-electron chi connectivity index (χ4n) is 1.97. The lowest BCUT2D eigenvalue weighted by molar-refractivity contribution is 0.174. The van der Waals surface area contributed by atoms with Gasteiger partial charge in [-0.05, 0) is 30.4 Å². The van der Waals surface area contributed by atoms with Crippen LogP contribution in [0.3, 0.4) is 0 Å². The lowest BCUT2D eigenvalue weighted by Crippen LogP contribution is -2.37. The summed E-state index contributed by atoms with van der Waals surface area (Å²) in [5.74, 6) is 1.56. The first-order chi connectivity index (χ1) is 9.85. The molecule has 110 valence electrons. The van der Waals surface area contributed by atoms with Crippen molar-refractivity contribution in [3.05, 3.63) is 18.2 Å². The van der Waals surface area contributed by atoms with Gasteiger partial charge in [-0.15, -0.1) is 0 Å². The molecule has 2 rings (SSSR count). The van der Waals surface area contributed by atoms with Crippen LogP contribution in [0.25, 0.3) is 0 Å². The third-order valence-electron chi connectivity index (χ3n) is 3.20. The first-order valence-corrected chi connectivity index (χ1v) is 7.48. The summed E-state index contributed by atoms with van der Waals surface area (Å²) in [5, 5.41) is 0. The highest BCUT2D eigenvalue weighted by Gasteiger charge is 2.24. The van der Waals surface area contributed by atoms with Crippen molar-refractivity contribution in [2.24, 2.45) is 0 Å². The van der Waals surface area contributed by atoms with E-state index in [1.165, 1.54) is 0 Å². The molecule has 5 heteroatoms. The van der Waals surface area contributed by atoms with Gasteiger partial charge in [0.1, 0.15) is 0 Å². The molecule has 0 unspecified atom stereocenters. The van der Waals surface area contributed by atoms with Crippen LogP contribution in [0, 0.1) is 0 Å². The zero-order valence-electron chi connectivity index (χ0n) is 12.4. The predicted molar refractivity (Wildman–Crippen MR) is 79.7 cm³/mol. The molecule has 0 N–H and O–H groups in total. The number of unbranched alkanes of at least 4 members (excludes halogenated alkanes) is 2. The SMILES string of the molecule is CCCCOB(OCCCC)c1ccc2c(c1)OCO2. The Bertz CT molecular complexity index is 401. The van der Waals surface area contributed by atoms with Gasteiger partial charge >= 0.3 is 7.12 Å². The van der Waals surface area contributed by atoms with Crippen LogP contribution in [0.15, 0.2) is 18.2 Å². The highest BCUT2D eigenvalue weighted by molar-refractivity contribution is 6.61. The minimum atomic E-state index is -0.317. The van der Waals surface area contributed by atoms with Gasteiger partial charge in [-0.25, -0.2) is 0 Å². The quantitative estimate of drug-likeness (QED) is 0.514. The summed E-state index contributed by atoms with van der Waals surface area (Å²) in [5.41, 5.74) is 0.987. The van der Waals surface area contributed by atoms with Crippen LogP contribution in [0.4, 0.5) is 0 Å². The van der Waals surface area contributed by atoms with Crippen LogP contribution in [-0.4, -0.2) is 27.1 Å². The van der Waals surface area contributed by atoms with E-state index < -0.39 is 0 Å². The molecular weight excluding hydrogens is 255 g/mol. The van der Waals surface area contributed by atoms with Crippen LogP contribution in [0.5, 0.6) is 11.5 Å². The molecule has 4 nitrogen and oxygen atoms in total. The van der Waals surface area contributed by atoms with E-state index in [9.17, 15) is 0 Å². The van der Waals surface area contributed by atoms with Crippen LogP contribution in [-0.2, 0) is 9.31 Å². The Labute approximate surface area is 121 Å². The summed E-state index contributed by atoms with van der Waals surface area (Å²) < 4.78 is 22.4. The van der Waals surface area contributed by atoms with E-state index in [0.29, 0.717) is 13.2 Å². The van der Waals surface area contributed by atoms with E-state index in [1.807, 2.05) is 18.2 Å². The average Bonchev–Trinajstić information content (AvgIpc) is 2.93. The van der Waals surface area contributed by atoms with Crippen molar-refractivity contribution < 1.29 is 18.8 Å². The van der Waals surface area contributed by atoms with Gasteiger partial charge in [0.15, 0.2) is 11.5 Å². The average molecular weight is 278 g/mol. The molecule has 0 fully saturated rings. The van der Waals surface area contributed by atoms with Crippen molar-refractivity contribution in [2.45, 2.75) is 39.5 Å². The molecule has 1 heterocycles. The zero-order chi connectivity index (χ0) is 14.2. The van der Waals surface area contributed by atoms with Crippen LogP contribution < -0.4 is 14.9 Å². The van der Waals surface area contributed by atoms with Gasteiger partial charge in [-0.1, -0.05) is 32.8 Å². The van der Waals surface area contributed by atoms with Crippen molar-refractivity contribution in [1.82, 2.24) is 0 Å². The van der Waals surface area contributed by atoms with Gasteiger partial charge in [0, 0.05) is 13.2 Å². The standard InChI is InChI=1S/C15H23BO4/c1-3-5-9-19-16(20-10-6-4-2)13-7-8-14-15(11-13)18-12-17-14/h7-8,11H,3-6,9-10,12H2,1-2H3. The van der Waals surface area contributed by atoms with E-state index in [2.05, 4.69) is 13.8 Å². The fraction of sp³-hybridized carbons (Fsp3) is 0.600. The van der Waals surface area contributed by atoms with Crippen LogP contribution in [0.2, 0.25) is 0 Å². The third-order valence-corrected chi connectivity index (χ3v) is 3.20. The van der Waals surface area contributed by atoms with Gasteiger partial charge in [0.05, 0.1) is 0 Å². The molecule has 0 saturated heterocycles. The second kappa shape index (κ2) is 8.17. The van der Waals surface area contributed by atoms with Crippen LogP contribution in [0.1, 0.15) is 39.5 Å². The number of hydrogen-bond acceptors (Lipinski definition) is 4. The molecule has 0 amide bonds. The van der Waals surface area contributed by atoms with Gasteiger partial charge < -0.3 is 18.8 Å². The van der Waals surface area contributed by atoms with E-state index >= 15 is 0 Å². The van der Waals surface area contributed by atoms with E-state index in [1.54, 1.807) is 0 Å². The Morgan fingerprint density at radius 1 is 1.00 bits per heavy atom. The van der Waals surface area contributed by atoms with E-state index in [-0.39, 0.29) is 13.9 Å². The van der Waals surface area contributed by atoms with Crippen LogP contribution >= 0.6 is 0 Å². The Balaban J connectivity index is 2.00. The number of ether oxygens (including phenoxy) is 2. The molecule has 0 atom stereocenters. The molecule has 0 bridgehead atoms. The summed E-state index contributed by atoms with van der Waals surface area (Å²) in [6.45, 7) is 6.01. The summed E-state index contributed by atoms with van der Waals surface area (Å²) >= 11 is 0. The maximum atomic E-state index is 5.86. The fourth-order valence-corrected chi connectivity index (χ4v) is 1.97. The van der Waals surface area contributed by atoms with Crippen molar-refractivity contribution in [3.8, 4) is 11.5 Å². The predicted octanol–water partition coefficient (Wildman–Crippen LogP) is 2.74. The highest BCUT2D eigenvalue weighted by atomic mass is 16.7. The van der Waals surface area contributed by atoms with Gasteiger partial charge in [0.2, 0.25) is 6.79 Å². The maximum absolute atomic E-state index is 5.86. The number of hydrogen-bond donors (Lipinski definition) is 0. The molecule has 1 aliphatic rings. The molecule has 20 heavy (non-hydrogen) atoms. The molecule has 0 spiro atoms. The van der Waals surface area contributed by atoms with Crippen molar-refractivity contribution in [2.75, 3.05) is 20.0 Å². The Hall–Kier alpha value is -1.20. The lowest BCUT2D eigenvalue weighted by atomic mass is 9.78. The highest BCUT2D eigenvalue weighted by Crippen LogP contribution is 2.30. The monoisotopic (exact) mass is 278 g/mol. The minimum absolute atomic E-state index is 0.289. The lowest BCUT2D eigenvalue weighted by Gasteiger charge is -2.15. The smallest absolute Gasteiger partial charge is 0.454 e. The first-order valence-electron chi connectivity index (χ1n) is 7.48. The minimum Gasteiger partial charge on any atom is -0.454 e. The molecular formula is C15H23BO4. The molecule has 1 aliphatic heterocycles. The third kappa shape index (κ3) is 4.15. The second-order valence-corrected chi connectivity index (χ2v) is 4.89. The second-order valence-electron chi connectivity index (χ2n) is 4.89. The van der Waals surface area contributed by atoms with Gasteiger partial charge in [0.25, 0.3) is 0 Å². The number of fused-ring (bicyclic) bond motifs is 1. The summed E-state index contributed by atoms with van der Waals surface area (Å²) in [6, 6.07) is 5.85. The summed E-state index contributed by atoms with van der Waals surface area (Å²) in [6.07, 6.45) is 4.31. The van der Waals surface area contributed by atoms with Crippen molar-refractivity contribution in [1.29, 1.82) is 0 Å². The van der Waals surface area contributed by atoms with Gasteiger partial charge in [-0.3, -0.25) is 0 Å². The number of rotatable bonds is 9. The first kappa shape index (κ1) is 15.2. The number of benzene rings is 1. The summed E-state index contributed by atoms with van der Waals surface area (Å²) in [7, 11) is -0.317. The van der Waals surface area contributed by atoms with Gasteiger partial charge in [-0.2, -0.15) is 0 Å². The molecule has 0 aliphatic carbocycles. The Kier molecular flexibility index (Phi) is 6.21. The molecule has 0 saturated carbocycles. The zero-order valence-corrected chi connectivity index (χ0v) is 12.4. The maximum Gasteiger partial charge on any atom is 0.493 e. The molecule has 1 aromatic carbocycles. The van der Waals surface area contributed by atoms with E-state index in [0.717, 1.165) is 42.6 Å². The summed E-state index contributed by atoms with van der Waals surface area (Å²) in [4.78, 5) is 0. The van der Waals surface area contributed by atoms with Crippen molar-refractivity contribution >= 4 is 12.6 Å². The van der Waals surface area contributed by atoms with E-state index in [4.69, 9.17) is 18.8 Å². The largest absolute Gasteiger partial charge is 0.493 e. The normalized spacial score (nSPS) is 12.7. The Morgan fingerprint density at radius 2 is 1.65 bits per heavy atom. The molecule has 0 radical (unpaired) electrons.